The number of halogens is 2. The van der Waals surface area contributed by atoms with E-state index in [1.165, 1.54) is 17.7 Å². The number of hydrogen-bond donors (Lipinski definition) is 1. The summed E-state index contributed by atoms with van der Waals surface area (Å²) in [6, 6.07) is 17.8. The Balaban J connectivity index is 1.42. The lowest BCUT2D eigenvalue weighted by molar-refractivity contribution is -0.122. The zero-order valence-electron chi connectivity index (χ0n) is 18.8. The average Bonchev–Trinajstić information content (AvgIpc) is 3.28. The van der Waals surface area contributed by atoms with Crippen LogP contribution in [-0.2, 0) is 11.2 Å². The van der Waals surface area contributed by atoms with Gasteiger partial charge in [0.1, 0.15) is 5.75 Å². The zero-order chi connectivity index (χ0) is 22.9. The molecule has 0 saturated carbocycles. The van der Waals surface area contributed by atoms with Gasteiger partial charge in [-0.25, -0.2) is 0 Å². The van der Waals surface area contributed by atoms with E-state index in [0.717, 1.165) is 31.6 Å². The molecule has 1 N–H and O–H groups in total. The summed E-state index contributed by atoms with van der Waals surface area (Å²) in [4.78, 5) is 17.2. The first-order valence-electron chi connectivity index (χ1n) is 11.3. The molecule has 5 nitrogen and oxygen atoms in total. The third-order valence-corrected chi connectivity index (χ3v) is 6.18. The maximum atomic E-state index is 12.5. The molecule has 2 aromatic carbocycles. The summed E-state index contributed by atoms with van der Waals surface area (Å²) >= 11 is 0. The van der Waals surface area contributed by atoms with Crippen LogP contribution in [0.4, 0.5) is 8.78 Å². The van der Waals surface area contributed by atoms with Gasteiger partial charge in [0, 0.05) is 31.7 Å². The van der Waals surface area contributed by atoms with Gasteiger partial charge in [0.2, 0.25) is 5.91 Å². The molecule has 2 aromatic rings. The van der Waals surface area contributed by atoms with Crippen LogP contribution >= 0.6 is 0 Å². The van der Waals surface area contributed by atoms with E-state index in [9.17, 15) is 13.6 Å². The van der Waals surface area contributed by atoms with E-state index in [4.69, 9.17) is 0 Å². The number of likely N-dealkylation sites (tertiary alicyclic amines) is 1. The van der Waals surface area contributed by atoms with E-state index in [2.05, 4.69) is 58.0 Å². The molecular weight excluding hydrogens is 412 g/mol. The molecule has 32 heavy (non-hydrogen) atoms. The van der Waals surface area contributed by atoms with Crippen molar-refractivity contribution in [3.63, 3.8) is 0 Å². The number of rotatable bonds is 11. The first kappa shape index (κ1) is 24.1. The van der Waals surface area contributed by atoms with Gasteiger partial charge in [0.05, 0.1) is 6.54 Å². The maximum absolute atomic E-state index is 12.5. The number of carbonyl (C=O) groups is 1. The fourth-order valence-electron chi connectivity index (χ4n) is 4.28. The van der Waals surface area contributed by atoms with E-state index < -0.39 is 6.61 Å². The molecule has 174 valence electrons. The third kappa shape index (κ3) is 7.00. The van der Waals surface area contributed by atoms with Crippen molar-refractivity contribution in [2.45, 2.75) is 45.4 Å². The molecule has 0 aliphatic carbocycles. The lowest BCUT2D eigenvalue weighted by atomic mass is 10.1. The van der Waals surface area contributed by atoms with Gasteiger partial charge in [-0.3, -0.25) is 14.6 Å². The lowest BCUT2D eigenvalue weighted by Crippen LogP contribution is -2.44. The van der Waals surface area contributed by atoms with Crippen molar-refractivity contribution in [3.05, 3.63) is 65.7 Å². The van der Waals surface area contributed by atoms with Gasteiger partial charge in [-0.15, -0.1) is 0 Å². The number of nitrogens with zero attached hydrogens (tertiary/aromatic N) is 2. The van der Waals surface area contributed by atoms with Crippen molar-refractivity contribution >= 4 is 5.91 Å². The van der Waals surface area contributed by atoms with Crippen LogP contribution in [-0.4, -0.2) is 61.1 Å². The second-order valence-corrected chi connectivity index (χ2v) is 8.21. The Morgan fingerprint density at radius 2 is 1.91 bits per heavy atom. The topological polar surface area (TPSA) is 44.8 Å². The van der Waals surface area contributed by atoms with E-state index in [1.807, 2.05) is 6.07 Å². The first-order valence-corrected chi connectivity index (χ1v) is 11.3. The first-order chi connectivity index (χ1) is 15.5. The zero-order valence-corrected chi connectivity index (χ0v) is 18.8. The Bertz CT molecular complexity index is 833. The molecule has 0 unspecified atom stereocenters. The standard InChI is InChI=1S/C25H33F2N3O2/c1-3-29(22-14-16-30(17-22)19(2)21-7-5-4-6-8-21)18-24(31)28-15-13-20-9-11-23(12-10-20)32-25(26)27/h4-12,19,22,25H,3,13-18H2,1-2H3,(H,28,31)/t19-,22-/m1/s1. The van der Waals surface area contributed by atoms with Crippen molar-refractivity contribution in [3.8, 4) is 5.75 Å². The van der Waals surface area contributed by atoms with E-state index in [0.29, 0.717) is 31.6 Å². The van der Waals surface area contributed by atoms with Crippen LogP contribution in [0.2, 0.25) is 0 Å². The number of alkyl halides is 2. The van der Waals surface area contributed by atoms with E-state index in [-0.39, 0.29) is 11.7 Å². The number of nitrogens with one attached hydrogen (secondary N) is 1. The molecule has 7 heteroatoms. The molecule has 0 bridgehead atoms. The highest BCUT2D eigenvalue weighted by molar-refractivity contribution is 5.78. The summed E-state index contributed by atoms with van der Waals surface area (Å²) in [5.41, 5.74) is 2.28. The number of ether oxygens (including phenoxy) is 1. The third-order valence-electron chi connectivity index (χ3n) is 6.18. The normalized spacial score (nSPS) is 17.6. The minimum Gasteiger partial charge on any atom is -0.435 e. The Kier molecular flexibility index (Phi) is 9.00. The highest BCUT2D eigenvalue weighted by atomic mass is 19.3. The maximum Gasteiger partial charge on any atom is 0.387 e. The second kappa shape index (κ2) is 11.9. The Morgan fingerprint density at radius 1 is 1.19 bits per heavy atom. The van der Waals surface area contributed by atoms with Gasteiger partial charge in [-0.2, -0.15) is 8.78 Å². The summed E-state index contributed by atoms with van der Waals surface area (Å²) < 4.78 is 28.8. The van der Waals surface area contributed by atoms with Crippen molar-refractivity contribution in [1.29, 1.82) is 0 Å². The van der Waals surface area contributed by atoms with Crippen molar-refractivity contribution in [2.75, 3.05) is 32.7 Å². The minimum atomic E-state index is -2.82. The van der Waals surface area contributed by atoms with Crippen molar-refractivity contribution in [2.24, 2.45) is 0 Å². The van der Waals surface area contributed by atoms with Gasteiger partial charge in [-0.05, 0) is 49.6 Å². The number of carbonyl (C=O) groups excluding carboxylic acids is 1. The summed E-state index contributed by atoms with van der Waals surface area (Å²) in [6.45, 7) is 5.23. The lowest BCUT2D eigenvalue weighted by Gasteiger charge is -2.29. The molecule has 1 fully saturated rings. The number of amides is 1. The molecule has 3 rings (SSSR count). The van der Waals surface area contributed by atoms with Crippen LogP contribution in [0.5, 0.6) is 5.75 Å². The van der Waals surface area contributed by atoms with Crippen LogP contribution in [0, 0.1) is 0 Å². The van der Waals surface area contributed by atoms with Crippen LogP contribution < -0.4 is 10.1 Å². The molecular formula is C25H33F2N3O2. The second-order valence-electron chi connectivity index (χ2n) is 8.21. The van der Waals surface area contributed by atoms with Crippen LogP contribution in [0.1, 0.15) is 37.4 Å². The average molecular weight is 446 g/mol. The Hall–Kier alpha value is -2.51. The molecule has 1 aliphatic heterocycles. The molecule has 2 atom stereocenters. The largest absolute Gasteiger partial charge is 0.435 e. The van der Waals surface area contributed by atoms with Gasteiger partial charge in [-0.1, -0.05) is 49.4 Å². The fraction of sp³-hybridized carbons (Fsp3) is 0.480. The van der Waals surface area contributed by atoms with Gasteiger partial charge >= 0.3 is 6.61 Å². The fourth-order valence-corrected chi connectivity index (χ4v) is 4.28. The molecule has 1 heterocycles. The SMILES string of the molecule is CCN(CC(=O)NCCc1ccc(OC(F)F)cc1)[C@@H]1CCN([C@H](C)c2ccccc2)C1. The van der Waals surface area contributed by atoms with Crippen LogP contribution in [0.3, 0.4) is 0 Å². The van der Waals surface area contributed by atoms with Crippen LogP contribution in [0.25, 0.3) is 0 Å². The van der Waals surface area contributed by atoms with Crippen molar-refractivity contribution in [1.82, 2.24) is 15.1 Å². The molecule has 1 saturated heterocycles. The molecule has 0 radical (unpaired) electrons. The molecule has 0 aromatic heterocycles. The summed E-state index contributed by atoms with van der Waals surface area (Å²) in [5, 5.41) is 2.98. The highest BCUT2D eigenvalue weighted by Gasteiger charge is 2.30. The quantitative estimate of drug-likeness (QED) is 0.566. The summed E-state index contributed by atoms with van der Waals surface area (Å²) in [6.07, 6.45) is 1.70. The van der Waals surface area contributed by atoms with Crippen molar-refractivity contribution < 1.29 is 18.3 Å². The molecule has 1 amide bonds. The van der Waals surface area contributed by atoms with E-state index >= 15 is 0 Å². The number of benzene rings is 2. The minimum absolute atomic E-state index is 0.0130. The van der Waals surface area contributed by atoms with Gasteiger partial charge in [0.25, 0.3) is 0 Å². The predicted octanol–water partition coefficient (Wildman–Crippen LogP) is 4.10. The summed E-state index contributed by atoms with van der Waals surface area (Å²) in [5.74, 6) is 0.151. The number of hydrogen-bond acceptors (Lipinski definition) is 4. The van der Waals surface area contributed by atoms with Gasteiger partial charge < -0.3 is 10.1 Å². The molecule has 1 aliphatic rings. The van der Waals surface area contributed by atoms with Crippen LogP contribution in [0.15, 0.2) is 54.6 Å². The monoisotopic (exact) mass is 445 g/mol. The summed E-state index contributed by atoms with van der Waals surface area (Å²) in [7, 11) is 0. The number of likely N-dealkylation sites (N-methyl/N-ethyl adjacent to an activating group) is 1. The Labute approximate surface area is 189 Å². The highest BCUT2D eigenvalue weighted by Crippen LogP contribution is 2.26. The van der Waals surface area contributed by atoms with Gasteiger partial charge in [0.15, 0.2) is 0 Å². The smallest absolute Gasteiger partial charge is 0.387 e. The van der Waals surface area contributed by atoms with E-state index in [1.54, 1.807) is 12.1 Å². The predicted molar refractivity (Wildman–Crippen MR) is 122 cm³/mol. The molecule has 0 spiro atoms. The Morgan fingerprint density at radius 3 is 2.56 bits per heavy atom.